The first kappa shape index (κ1) is 18.4. The molecule has 0 aliphatic heterocycles. The molecule has 0 saturated heterocycles. The average Bonchev–Trinajstić information content (AvgIpc) is 2.73. The van der Waals surface area contributed by atoms with Gasteiger partial charge in [0.25, 0.3) is 11.1 Å². The fourth-order valence-electron chi connectivity index (χ4n) is 3.03. The molecular weight excluding hydrogens is 374 g/mol. The maximum atomic E-state index is 13.0. The van der Waals surface area contributed by atoms with Crippen molar-refractivity contribution < 1.29 is 0 Å². The molecule has 0 aliphatic carbocycles. The standard InChI is InChI=1S/C20H19N5O2S/c1-3-13(2)25-19(27)14-8-4-6-10-16(14)21-20(25)28-12-24-18(26)15-9-5-7-11-17(15)22-23-24/h4-11,13H,3,12H2,1-2H3/t13-/m1/s1. The summed E-state index contributed by atoms with van der Waals surface area (Å²) in [7, 11) is 0. The Labute approximate surface area is 165 Å². The number of thioether (sulfide) groups is 1. The van der Waals surface area contributed by atoms with E-state index < -0.39 is 0 Å². The van der Waals surface area contributed by atoms with Gasteiger partial charge in [-0.15, -0.1) is 5.10 Å². The second kappa shape index (κ2) is 7.55. The van der Waals surface area contributed by atoms with Crippen LogP contribution in [0, 0.1) is 0 Å². The fourth-order valence-corrected chi connectivity index (χ4v) is 4.00. The predicted octanol–water partition coefficient (Wildman–Crippen LogP) is 3.22. The second-order valence-electron chi connectivity index (χ2n) is 6.53. The Kier molecular flexibility index (Phi) is 4.95. The van der Waals surface area contributed by atoms with Crippen molar-refractivity contribution >= 4 is 33.6 Å². The molecule has 0 radical (unpaired) electrons. The van der Waals surface area contributed by atoms with E-state index in [0.29, 0.717) is 27.0 Å². The molecule has 0 fully saturated rings. The van der Waals surface area contributed by atoms with Gasteiger partial charge in [0.05, 0.1) is 22.2 Å². The zero-order chi connectivity index (χ0) is 19.7. The van der Waals surface area contributed by atoms with Gasteiger partial charge in [-0.25, -0.2) is 4.98 Å². The number of fused-ring (bicyclic) bond motifs is 2. The van der Waals surface area contributed by atoms with Gasteiger partial charge >= 0.3 is 0 Å². The Morgan fingerprint density at radius 3 is 2.32 bits per heavy atom. The minimum Gasteiger partial charge on any atom is -0.284 e. The van der Waals surface area contributed by atoms with Crippen LogP contribution >= 0.6 is 11.8 Å². The molecule has 1 atom stereocenters. The fraction of sp³-hybridized carbons (Fsp3) is 0.250. The monoisotopic (exact) mass is 393 g/mol. The normalized spacial score (nSPS) is 12.5. The maximum absolute atomic E-state index is 13.0. The van der Waals surface area contributed by atoms with Crippen molar-refractivity contribution in [2.75, 3.05) is 0 Å². The van der Waals surface area contributed by atoms with Gasteiger partial charge in [0, 0.05) is 6.04 Å². The smallest absolute Gasteiger partial charge is 0.278 e. The van der Waals surface area contributed by atoms with E-state index in [1.165, 1.54) is 16.4 Å². The van der Waals surface area contributed by atoms with Crippen molar-refractivity contribution in [3.05, 3.63) is 69.2 Å². The van der Waals surface area contributed by atoms with E-state index in [9.17, 15) is 9.59 Å². The van der Waals surface area contributed by atoms with Gasteiger partial charge in [0.1, 0.15) is 5.52 Å². The third-order valence-electron chi connectivity index (χ3n) is 4.75. The number of aromatic nitrogens is 5. The number of para-hydroxylation sites is 1. The SMILES string of the molecule is CC[C@@H](C)n1c(SCn2nnc3ccccc3c2=O)nc2ccccc2c1=O. The highest BCUT2D eigenvalue weighted by Crippen LogP contribution is 2.23. The van der Waals surface area contributed by atoms with Crippen molar-refractivity contribution in [3.63, 3.8) is 0 Å². The molecule has 0 spiro atoms. The Hall–Kier alpha value is -3.00. The first-order chi connectivity index (χ1) is 13.6. The van der Waals surface area contributed by atoms with Crippen LogP contribution in [0.2, 0.25) is 0 Å². The summed E-state index contributed by atoms with van der Waals surface area (Å²) in [6, 6.07) is 14.4. The molecule has 0 N–H and O–H groups in total. The summed E-state index contributed by atoms with van der Waals surface area (Å²) in [5, 5.41) is 9.80. The van der Waals surface area contributed by atoms with Crippen LogP contribution in [0.3, 0.4) is 0 Å². The molecule has 142 valence electrons. The van der Waals surface area contributed by atoms with E-state index in [-0.39, 0.29) is 23.0 Å². The Bertz CT molecular complexity index is 1280. The van der Waals surface area contributed by atoms with Crippen LogP contribution in [-0.4, -0.2) is 24.5 Å². The first-order valence-corrected chi connectivity index (χ1v) is 10.1. The van der Waals surface area contributed by atoms with Crippen LogP contribution in [0.15, 0.2) is 63.3 Å². The van der Waals surface area contributed by atoms with E-state index >= 15 is 0 Å². The lowest BCUT2D eigenvalue weighted by Gasteiger charge is -2.18. The van der Waals surface area contributed by atoms with E-state index in [0.717, 1.165) is 6.42 Å². The van der Waals surface area contributed by atoms with Crippen LogP contribution in [0.1, 0.15) is 26.3 Å². The number of nitrogens with zero attached hydrogens (tertiary/aromatic N) is 5. The van der Waals surface area contributed by atoms with E-state index in [4.69, 9.17) is 0 Å². The molecule has 0 aliphatic rings. The van der Waals surface area contributed by atoms with Gasteiger partial charge in [-0.1, -0.05) is 48.2 Å². The number of hydrogen-bond acceptors (Lipinski definition) is 6. The molecule has 0 amide bonds. The zero-order valence-corrected chi connectivity index (χ0v) is 16.4. The van der Waals surface area contributed by atoms with Crippen LogP contribution < -0.4 is 11.1 Å². The van der Waals surface area contributed by atoms with Crippen molar-refractivity contribution in [3.8, 4) is 0 Å². The number of benzene rings is 2. The largest absolute Gasteiger partial charge is 0.284 e. The van der Waals surface area contributed by atoms with Crippen LogP contribution in [0.4, 0.5) is 0 Å². The van der Waals surface area contributed by atoms with Gasteiger partial charge in [-0.2, -0.15) is 4.68 Å². The Balaban J connectivity index is 1.77. The molecule has 2 heterocycles. The van der Waals surface area contributed by atoms with Crippen molar-refractivity contribution in [1.29, 1.82) is 0 Å². The van der Waals surface area contributed by atoms with Gasteiger partial charge in [0.15, 0.2) is 5.16 Å². The lowest BCUT2D eigenvalue weighted by Crippen LogP contribution is -2.27. The average molecular weight is 393 g/mol. The highest BCUT2D eigenvalue weighted by atomic mass is 32.2. The molecule has 4 aromatic rings. The van der Waals surface area contributed by atoms with Gasteiger partial charge < -0.3 is 0 Å². The molecule has 0 bridgehead atoms. The summed E-state index contributed by atoms with van der Waals surface area (Å²) in [5.41, 5.74) is 0.927. The predicted molar refractivity (Wildman–Crippen MR) is 111 cm³/mol. The molecule has 4 rings (SSSR count). The molecule has 0 unspecified atom stereocenters. The molecule has 2 aromatic carbocycles. The summed E-state index contributed by atoms with van der Waals surface area (Å²) in [6.45, 7) is 4.02. The quantitative estimate of drug-likeness (QED) is 0.382. The minimum absolute atomic E-state index is 0.00786. The summed E-state index contributed by atoms with van der Waals surface area (Å²) >= 11 is 1.31. The third-order valence-corrected chi connectivity index (χ3v) is 5.67. The summed E-state index contributed by atoms with van der Waals surface area (Å²) in [5.74, 6) is 0.220. The molecule has 0 saturated carbocycles. The molecule has 8 heteroatoms. The van der Waals surface area contributed by atoms with Crippen LogP contribution in [0.25, 0.3) is 21.8 Å². The van der Waals surface area contributed by atoms with Crippen molar-refractivity contribution in [2.24, 2.45) is 0 Å². The van der Waals surface area contributed by atoms with Crippen molar-refractivity contribution in [2.45, 2.75) is 37.3 Å². The highest BCUT2D eigenvalue weighted by Gasteiger charge is 2.16. The van der Waals surface area contributed by atoms with Gasteiger partial charge in [-0.3, -0.25) is 14.2 Å². The number of hydrogen-bond donors (Lipinski definition) is 0. The minimum atomic E-state index is -0.212. The Morgan fingerprint density at radius 1 is 0.964 bits per heavy atom. The first-order valence-electron chi connectivity index (χ1n) is 9.06. The van der Waals surface area contributed by atoms with Crippen LogP contribution in [-0.2, 0) is 5.88 Å². The summed E-state index contributed by atoms with van der Waals surface area (Å²) in [4.78, 5) is 30.4. The topological polar surface area (TPSA) is 82.7 Å². The number of rotatable bonds is 5. The van der Waals surface area contributed by atoms with E-state index in [1.54, 1.807) is 28.8 Å². The summed E-state index contributed by atoms with van der Waals surface area (Å²) < 4.78 is 3.00. The molecule has 7 nitrogen and oxygen atoms in total. The van der Waals surface area contributed by atoms with Gasteiger partial charge in [-0.05, 0) is 37.6 Å². The molecule has 28 heavy (non-hydrogen) atoms. The lowest BCUT2D eigenvalue weighted by atomic mass is 10.2. The van der Waals surface area contributed by atoms with Crippen LogP contribution in [0.5, 0.6) is 0 Å². The molecule has 2 aromatic heterocycles. The highest BCUT2D eigenvalue weighted by molar-refractivity contribution is 7.98. The van der Waals surface area contributed by atoms with Crippen molar-refractivity contribution in [1.82, 2.24) is 24.5 Å². The Morgan fingerprint density at radius 2 is 1.61 bits per heavy atom. The second-order valence-corrected chi connectivity index (χ2v) is 7.44. The molecular formula is C20H19N5O2S. The van der Waals surface area contributed by atoms with Gasteiger partial charge in [0.2, 0.25) is 0 Å². The van der Waals surface area contributed by atoms with E-state index in [2.05, 4.69) is 15.3 Å². The third kappa shape index (κ3) is 3.20. The van der Waals surface area contributed by atoms with E-state index in [1.807, 2.05) is 38.1 Å². The lowest BCUT2D eigenvalue weighted by molar-refractivity contribution is 0.467. The zero-order valence-electron chi connectivity index (χ0n) is 15.6. The maximum Gasteiger partial charge on any atom is 0.278 e. The summed E-state index contributed by atoms with van der Waals surface area (Å²) in [6.07, 6.45) is 0.795.